The Balaban J connectivity index is 1.43. The lowest BCUT2D eigenvalue weighted by Gasteiger charge is -2.36. The number of hydrogen-bond donors (Lipinski definition) is 2. The number of nitrogens with zero attached hydrogens (tertiary/aromatic N) is 5. The standard InChI is InChI=1S/C26H27ClN6O4/c1-26(2,3)37-25(36)33-10-8-32(9-11-33)21-7-6-18-20(31-21)15-29-22(23(18)34)24(35)30-14-17-5-4-16(13-28)12-19(17)27/h4-7,12,15,34H,8-11,14H2,1-3H3,(H,30,35). The molecule has 37 heavy (non-hydrogen) atoms. The first-order valence-electron chi connectivity index (χ1n) is 11.7. The smallest absolute Gasteiger partial charge is 0.410 e. The summed E-state index contributed by atoms with van der Waals surface area (Å²) in [4.78, 5) is 37.5. The number of amides is 2. The minimum Gasteiger partial charge on any atom is -0.505 e. The first-order valence-corrected chi connectivity index (χ1v) is 12.1. The maximum Gasteiger partial charge on any atom is 0.410 e. The summed E-state index contributed by atoms with van der Waals surface area (Å²) in [5.74, 6) is -0.151. The zero-order valence-electron chi connectivity index (χ0n) is 20.8. The molecule has 0 atom stereocenters. The molecule has 1 aliphatic heterocycles. The van der Waals surface area contributed by atoms with Gasteiger partial charge in [-0.05, 0) is 50.6 Å². The lowest BCUT2D eigenvalue weighted by Crippen LogP contribution is -2.50. The van der Waals surface area contributed by atoms with Gasteiger partial charge in [0, 0.05) is 43.1 Å². The topological polar surface area (TPSA) is 132 Å². The maximum atomic E-state index is 12.7. The molecule has 0 bridgehead atoms. The van der Waals surface area contributed by atoms with E-state index in [0.29, 0.717) is 59.0 Å². The molecule has 0 aliphatic carbocycles. The summed E-state index contributed by atoms with van der Waals surface area (Å²) < 4.78 is 5.44. The Morgan fingerprint density at radius 3 is 2.57 bits per heavy atom. The quantitative estimate of drug-likeness (QED) is 0.528. The van der Waals surface area contributed by atoms with Gasteiger partial charge in [0.1, 0.15) is 11.4 Å². The number of nitrogens with one attached hydrogen (secondary N) is 1. The third-order valence-corrected chi connectivity index (χ3v) is 6.15. The Bertz CT molecular complexity index is 1390. The lowest BCUT2D eigenvalue weighted by molar-refractivity contribution is 0.0240. The van der Waals surface area contributed by atoms with Crippen molar-refractivity contribution >= 4 is 40.3 Å². The minimum absolute atomic E-state index is 0.106. The second-order valence-corrected chi connectivity index (χ2v) is 10.0. The van der Waals surface area contributed by atoms with Crippen LogP contribution in [0.5, 0.6) is 5.75 Å². The number of benzene rings is 1. The van der Waals surface area contributed by atoms with Crippen molar-refractivity contribution in [3.05, 3.63) is 58.4 Å². The van der Waals surface area contributed by atoms with Crippen LogP contribution in [0.25, 0.3) is 10.9 Å². The average Bonchev–Trinajstić information content (AvgIpc) is 2.87. The molecule has 11 heteroatoms. The van der Waals surface area contributed by atoms with Gasteiger partial charge in [-0.1, -0.05) is 17.7 Å². The van der Waals surface area contributed by atoms with Crippen molar-refractivity contribution in [1.82, 2.24) is 20.2 Å². The average molecular weight is 523 g/mol. The Hall–Kier alpha value is -4.10. The number of rotatable bonds is 4. The first kappa shape index (κ1) is 26.0. The van der Waals surface area contributed by atoms with Gasteiger partial charge in [-0.25, -0.2) is 14.8 Å². The van der Waals surface area contributed by atoms with Gasteiger partial charge in [0.2, 0.25) is 0 Å². The molecule has 4 rings (SSSR count). The van der Waals surface area contributed by atoms with Crippen molar-refractivity contribution in [3.63, 3.8) is 0 Å². The van der Waals surface area contributed by atoms with Crippen LogP contribution >= 0.6 is 11.6 Å². The third kappa shape index (κ3) is 6.01. The van der Waals surface area contributed by atoms with E-state index in [-0.39, 0.29) is 24.1 Å². The van der Waals surface area contributed by atoms with E-state index in [1.54, 1.807) is 29.2 Å². The summed E-state index contributed by atoms with van der Waals surface area (Å²) in [5, 5.41) is 23.1. The summed E-state index contributed by atoms with van der Waals surface area (Å²) in [5.41, 5.74) is 0.822. The molecule has 0 spiro atoms. The number of anilines is 1. The highest BCUT2D eigenvalue weighted by molar-refractivity contribution is 6.31. The second-order valence-electron chi connectivity index (χ2n) is 9.61. The molecule has 1 aliphatic rings. The van der Waals surface area contributed by atoms with E-state index >= 15 is 0 Å². The highest BCUT2D eigenvalue weighted by Crippen LogP contribution is 2.28. The molecule has 3 aromatic rings. The normalized spacial score (nSPS) is 13.8. The number of carbonyl (C=O) groups excluding carboxylic acids is 2. The van der Waals surface area contributed by atoms with Crippen LogP contribution in [-0.4, -0.2) is 63.8 Å². The number of pyridine rings is 2. The molecule has 1 fully saturated rings. The summed E-state index contributed by atoms with van der Waals surface area (Å²) in [6.07, 6.45) is 1.11. The van der Waals surface area contributed by atoms with Crippen molar-refractivity contribution < 1.29 is 19.4 Å². The van der Waals surface area contributed by atoms with E-state index in [2.05, 4.69) is 15.3 Å². The minimum atomic E-state index is -0.567. The SMILES string of the molecule is CC(C)(C)OC(=O)N1CCN(c2ccc3c(O)c(C(=O)NCc4ccc(C#N)cc4Cl)ncc3n2)CC1. The molecule has 2 aromatic heterocycles. The highest BCUT2D eigenvalue weighted by atomic mass is 35.5. The van der Waals surface area contributed by atoms with Crippen molar-refractivity contribution in [3.8, 4) is 11.8 Å². The molecule has 0 unspecified atom stereocenters. The first-order chi connectivity index (χ1) is 17.6. The fourth-order valence-corrected chi connectivity index (χ4v) is 4.13. The Kier molecular flexibility index (Phi) is 7.36. The monoisotopic (exact) mass is 522 g/mol. The predicted octanol–water partition coefficient (Wildman–Crippen LogP) is 3.85. The van der Waals surface area contributed by atoms with Crippen LogP contribution in [0.2, 0.25) is 5.02 Å². The summed E-state index contributed by atoms with van der Waals surface area (Å²) in [6.45, 7) is 7.78. The number of carbonyl (C=O) groups is 2. The Morgan fingerprint density at radius 2 is 1.92 bits per heavy atom. The molecule has 3 heterocycles. The number of ether oxygens (including phenoxy) is 1. The van der Waals surface area contributed by atoms with Gasteiger partial charge in [0.05, 0.1) is 23.3 Å². The van der Waals surface area contributed by atoms with Crippen molar-refractivity contribution in [1.29, 1.82) is 5.26 Å². The van der Waals surface area contributed by atoms with Crippen molar-refractivity contribution in [2.24, 2.45) is 0 Å². The Morgan fingerprint density at radius 1 is 1.19 bits per heavy atom. The fraction of sp³-hybridized carbons (Fsp3) is 0.346. The van der Waals surface area contributed by atoms with E-state index in [0.717, 1.165) is 0 Å². The molecule has 1 aromatic carbocycles. The number of nitriles is 1. The van der Waals surface area contributed by atoms with Crippen LogP contribution in [0, 0.1) is 11.3 Å². The molecule has 1 saturated heterocycles. The van der Waals surface area contributed by atoms with Crippen molar-refractivity contribution in [2.75, 3.05) is 31.1 Å². The van der Waals surface area contributed by atoms with Crippen molar-refractivity contribution in [2.45, 2.75) is 32.9 Å². The lowest BCUT2D eigenvalue weighted by atomic mass is 10.1. The van der Waals surface area contributed by atoms with Crippen LogP contribution in [0.4, 0.5) is 10.6 Å². The van der Waals surface area contributed by atoms with E-state index < -0.39 is 11.5 Å². The molecular formula is C26H27ClN6O4. The highest BCUT2D eigenvalue weighted by Gasteiger charge is 2.26. The van der Waals surface area contributed by atoms with Gasteiger partial charge >= 0.3 is 6.09 Å². The number of hydrogen-bond acceptors (Lipinski definition) is 8. The number of aromatic hydroxyl groups is 1. The number of aromatic nitrogens is 2. The summed E-state index contributed by atoms with van der Waals surface area (Å²) >= 11 is 6.17. The Labute approximate surface area is 219 Å². The molecule has 0 radical (unpaired) electrons. The van der Waals surface area contributed by atoms with Gasteiger partial charge in [-0.15, -0.1) is 0 Å². The molecule has 2 N–H and O–H groups in total. The summed E-state index contributed by atoms with van der Waals surface area (Å²) in [7, 11) is 0. The van der Waals surface area contributed by atoms with Gasteiger partial charge in [-0.3, -0.25) is 4.79 Å². The zero-order chi connectivity index (χ0) is 26.7. The van der Waals surface area contributed by atoms with Crippen LogP contribution in [-0.2, 0) is 11.3 Å². The van der Waals surface area contributed by atoms with Gasteiger partial charge in [0.15, 0.2) is 11.4 Å². The second kappa shape index (κ2) is 10.5. The number of fused-ring (bicyclic) bond motifs is 1. The van der Waals surface area contributed by atoms with E-state index in [1.165, 1.54) is 12.3 Å². The largest absolute Gasteiger partial charge is 0.505 e. The van der Waals surface area contributed by atoms with E-state index in [4.69, 9.17) is 21.6 Å². The van der Waals surface area contributed by atoms with Gasteiger partial charge in [-0.2, -0.15) is 5.26 Å². The van der Waals surface area contributed by atoms with E-state index in [1.807, 2.05) is 31.7 Å². The maximum absolute atomic E-state index is 12.7. The van der Waals surface area contributed by atoms with Crippen LogP contribution in [0.15, 0.2) is 36.5 Å². The molecular weight excluding hydrogens is 496 g/mol. The zero-order valence-corrected chi connectivity index (χ0v) is 21.5. The molecule has 2 amide bonds. The predicted molar refractivity (Wildman–Crippen MR) is 139 cm³/mol. The molecule has 10 nitrogen and oxygen atoms in total. The summed E-state index contributed by atoms with van der Waals surface area (Å²) in [6, 6.07) is 10.3. The third-order valence-electron chi connectivity index (χ3n) is 5.80. The number of halogens is 1. The molecule has 0 saturated carbocycles. The van der Waals surface area contributed by atoms with Crippen LogP contribution in [0.3, 0.4) is 0 Å². The van der Waals surface area contributed by atoms with Gasteiger partial charge < -0.3 is 25.0 Å². The van der Waals surface area contributed by atoms with Crippen LogP contribution < -0.4 is 10.2 Å². The fourth-order valence-electron chi connectivity index (χ4n) is 3.88. The van der Waals surface area contributed by atoms with E-state index in [9.17, 15) is 14.7 Å². The van der Waals surface area contributed by atoms with Crippen LogP contribution in [0.1, 0.15) is 42.4 Å². The number of piperazine rings is 1. The van der Waals surface area contributed by atoms with Gasteiger partial charge in [0.25, 0.3) is 5.91 Å². The molecule has 192 valence electrons.